The van der Waals surface area contributed by atoms with Crippen LogP contribution in [0, 0.1) is 0 Å². The fourth-order valence-corrected chi connectivity index (χ4v) is 3.63. The van der Waals surface area contributed by atoms with Crippen molar-refractivity contribution in [3.8, 4) is 5.75 Å². The molecule has 2 aromatic carbocycles. The molecule has 6 nitrogen and oxygen atoms in total. The van der Waals surface area contributed by atoms with E-state index in [2.05, 4.69) is 6.92 Å². The highest BCUT2D eigenvalue weighted by Gasteiger charge is 2.25. The second-order valence-corrected chi connectivity index (χ2v) is 7.49. The molecule has 1 aromatic heterocycles. The molecule has 3 rings (SSSR count). The lowest BCUT2D eigenvalue weighted by molar-refractivity contribution is -0.133. The van der Waals surface area contributed by atoms with Crippen molar-refractivity contribution in [1.29, 1.82) is 0 Å². The van der Waals surface area contributed by atoms with Gasteiger partial charge >= 0.3 is 0 Å². The summed E-state index contributed by atoms with van der Waals surface area (Å²) in [6, 6.07) is 14.5. The maximum atomic E-state index is 13.2. The summed E-state index contributed by atoms with van der Waals surface area (Å²) >= 11 is 0. The first-order valence-corrected chi connectivity index (χ1v) is 10.3. The van der Waals surface area contributed by atoms with E-state index in [1.165, 1.54) is 0 Å². The maximum Gasteiger partial charge on any atom is 0.261 e. The third kappa shape index (κ3) is 4.53. The molecule has 0 radical (unpaired) electrons. The number of ether oxygens (including phenoxy) is 1. The predicted molar refractivity (Wildman–Crippen MR) is 119 cm³/mol. The Kier molecular flexibility index (Phi) is 6.87. The number of fused-ring (bicyclic) bond motifs is 1. The molecule has 3 aromatic rings. The molecule has 6 heteroatoms. The molecule has 1 heterocycles. The SMILES string of the molecule is CCCCN(C(=O)Cc1ccc(OC)cc1)C(C)c1nc2ccccc2c(=O)n1C. The Morgan fingerprint density at radius 2 is 1.87 bits per heavy atom. The number of rotatable bonds is 8. The second-order valence-electron chi connectivity index (χ2n) is 7.49. The van der Waals surface area contributed by atoms with Gasteiger partial charge in [-0.1, -0.05) is 37.6 Å². The van der Waals surface area contributed by atoms with Crippen LogP contribution in [0.25, 0.3) is 10.9 Å². The van der Waals surface area contributed by atoms with Gasteiger partial charge in [-0.2, -0.15) is 0 Å². The van der Waals surface area contributed by atoms with Crippen molar-refractivity contribution >= 4 is 16.8 Å². The van der Waals surface area contributed by atoms with Crippen molar-refractivity contribution in [2.75, 3.05) is 13.7 Å². The van der Waals surface area contributed by atoms with Crippen LogP contribution < -0.4 is 10.3 Å². The number of para-hydroxylation sites is 1. The highest BCUT2D eigenvalue weighted by atomic mass is 16.5. The van der Waals surface area contributed by atoms with Crippen LogP contribution >= 0.6 is 0 Å². The van der Waals surface area contributed by atoms with E-state index in [1.807, 2.05) is 54.3 Å². The molecule has 30 heavy (non-hydrogen) atoms. The topological polar surface area (TPSA) is 64.4 Å². The first-order valence-electron chi connectivity index (χ1n) is 10.3. The van der Waals surface area contributed by atoms with Crippen LogP contribution in [0.5, 0.6) is 5.75 Å². The average Bonchev–Trinajstić information content (AvgIpc) is 2.77. The zero-order chi connectivity index (χ0) is 21.7. The van der Waals surface area contributed by atoms with Gasteiger partial charge in [-0.3, -0.25) is 14.2 Å². The Morgan fingerprint density at radius 1 is 1.17 bits per heavy atom. The molecular weight excluding hydrogens is 378 g/mol. The molecule has 0 saturated carbocycles. The zero-order valence-electron chi connectivity index (χ0n) is 18.1. The predicted octanol–water partition coefficient (Wildman–Crippen LogP) is 3.87. The molecule has 0 aliphatic heterocycles. The van der Waals surface area contributed by atoms with Crippen LogP contribution in [0.3, 0.4) is 0 Å². The summed E-state index contributed by atoms with van der Waals surface area (Å²) in [5.41, 5.74) is 1.48. The summed E-state index contributed by atoms with van der Waals surface area (Å²) in [6.45, 7) is 4.66. The molecule has 0 N–H and O–H groups in total. The number of carbonyl (C=O) groups excluding carboxylic acids is 1. The summed E-state index contributed by atoms with van der Waals surface area (Å²) in [5.74, 6) is 1.37. The Hall–Kier alpha value is -3.15. The Balaban J connectivity index is 1.92. The molecular formula is C24H29N3O3. The number of amides is 1. The number of benzene rings is 2. The number of carbonyl (C=O) groups is 1. The van der Waals surface area contributed by atoms with E-state index in [0.717, 1.165) is 24.2 Å². The first-order chi connectivity index (χ1) is 14.5. The monoisotopic (exact) mass is 407 g/mol. The average molecular weight is 408 g/mol. The smallest absolute Gasteiger partial charge is 0.261 e. The largest absolute Gasteiger partial charge is 0.497 e. The minimum absolute atomic E-state index is 0.0172. The normalized spacial score (nSPS) is 12.0. The number of unbranched alkanes of at least 4 members (excludes halogenated alkanes) is 1. The molecule has 0 aliphatic rings. The van der Waals surface area contributed by atoms with Gasteiger partial charge in [0, 0.05) is 13.6 Å². The van der Waals surface area contributed by atoms with E-state index in [-0.39, 0.29) is 17.5 Å². The van der Waals surface area contributed by atoms with Gasteiger partial charge in [0.15, 0.2) is 0 Å². The standard InChI is InChI=1S/C24H29N3O3/c1-5-6-15-27(22(28)16-18-11-13-19(30-4)14-12-18)17(2)23-25-21-10-8-7-9-20(21)24(29)26(23)3/h7-14,17H,5-6,15-16H2,1-4H3. The van der Waals surface area contributed by atoms with Crippen molar-refractivity contribution in [3.63, 3.8) is 0 Å². The number of hydrogen-bond acceptors (Lipinski definition) is 4. The van der Waals surface area contributed by atoms with Gasteiger partial charge in [-0.15, -0.1) is 0 Å². The number of aromatic nitrogens is 2. The van der Waals surface area contributed by atoms with E-state index in [0.29, 0.717) is 29.7 Å². The molecule has 0 aliphatic carbocycles. The zero-order valence-corrected chi connectivity index (χ0v) is 18.1. The van der Waals surface area contributed by atoms with Crippen molar-refractivity contribution in [2.24, 2.45) is 7.05 Å². The molecule has 0 bridgehead atoms. The lowest BCUT2D eigenvalue weighted by Gasteiger charge is -2.30. The van der Waals surface area contributed by atoms with Crippen molar-refractivity contribution < 1.29 is 9.53 Å². The minimum atomic E-state index is -0.315. The highest BCUT2D eigenvalue weighted by molar-refractivity contribution is 5.80. The van der Waals surface area contributed by atoms with E-state index < -0.39 is 0 Å². The lowest BCUT2D eigenvalue weighted by atomic mass is 10.1. The van der Waals surface area contributed by atoms with Crippen LogP contribution in [-0.2, 0) is 18.3 Å². The molecule has 0 spiro atoms. The van der Waals surface area contributed by atoms with Gasteiger partial charge in [-0.05, 0) is 43.2 Å². The Bertz CT molecular complexity index is 1070. The molecule has 0 fully saturated rings. The second kappa shape index (κ2) is 9.57. The third-order valence-corrected chi connectivity index (χ3v) is 5.45. The molecule has 1 unspecified atom stereocenters. The summed E-state index contributed by atoms with van der Waals surface area (Å²) in [6.07, 6.45) is 2.16. The molecule has 1 atom stereocenters. The summed E-state index contributed by atoms with van der Waals surface area (Å²) < 4.78 is 6.76. The van der Waals surface area contributed by atoms with Crippen LogP contribution in [0.1, 0.15) is 44.1 Å². The van der Waals surface area contributed by atoms with Gasteiger partial charge < -0.3 is 9.64 Å². The molecule has 0 saturated heterocycles. The molecule has 158 valence electrons. The van der Waals surface area contributed by atoms with E-state index in [9.17, 15) is 9.59 Å². The summed E-state index contributed by atoms with van der Waals surface area (Å²) in [4.78, 5) is 32.6. The van der Waals surface area contributed by atoms with E-state index in [1.54, 1.807) is 24.8 Å². The Morgan fingerprint density at radius 3 is 2.53 bits per heavy atom. The van der Waals surface area contributed by atoms with Gasteiger partial charge in [-0.25, -0.2) is 4.98 Å². The number of nitrogens with zero attached hydrogens (tertiary/aromatic N) is 3. The maximum absolute atomic E-state index is 13.2. The van der Waals surface area contributed by atoms with Crippen LogP contribution in [0.2, 0.25) is 0 Å². The fourth-order valence-electron chi connectivity index (χ4n) is 3.63. The van der Waals surface area contributed by atoms with Crippen LogP contribution in [0.4, 0.5) is 0 Å². The Labute approximate surface area is 177 Å². The van der Waals surface area contributed by atoms with Crippen molar-refractivity contribution in [1.82, 2.24) is 14.5 Å². The van der Waals surface area contributed by atoms with Gasteiger partial charge in [0.1, 0.15) is 11.6 Å². The quantitative estimate of drug-likeness (QED) is 0.569. The number of methoxy groups -OCH3 is 1. The van der Waals surface area contributed by atoms with Crippen LogP contribution in [0.15, 0.2) is 53.3 Å². The van der Waals surface area contributed by atoms with Gasteiger partial charge in [0.2, 0.25) is 5.91 Å². The fraction of sp³-hybridized carbons (Fsp3) is 0.375. The summed E-state index contributed by atoms with van der Waals surface area (Å²) in [5, 5.41) is 0.584. The summed E-state index contributed by atoms with van der Waals surface area (Å²) in [7, 11) is 3.34. The van der Waals surface area contributed by atoms with Crippen LogP contribution in [-0.4, -0.2) is 34.0 Å². The highest BCUT2D eigenvalue weighted by Crippen LogP contribution is 2.22. The van der Waals surface area contributed by atoms with Gasteiger partial charge in [0.25, 0.3) is 5.56 Å². The lowest BCUT2D eigenvalue weighted by Crippen LogP contribution is -2.38. The molecule has 1 amide bonds. The van der Waals surface area contributed by atoms with E-state index >= 15 is 0 Å². The van der Waals surface area contributed by atoms with Crippen molar-refractivity contribution in [3.05, 3.63) is 70.3 Å². The van der Waals surface area contributed by atoms with E-state index in [4.69, 9.17) is 9.72 Å². The minimum Gasteiger partial charge on any atom is -0.497 e. The van der Waals surface area contributed by atoms with Gasteiger partial charge in [0.05, 0.1) is 30.5 Å². The first kappa shape index (κ1) is 21.6. The third-order valence-electron chi connectivity index (χ3n) is 5.45. The number of hydrogen-bond donors (Lipinski definition) is 0. The van der Waals surface area contributed by atoms with Crippen molar-refractivity contribution in [2.45, 2.75) is 39.2 Å².